The minimum atomic E-state index is -0.148. The molecule has 1 N–H and O–H groups in total. The van der Waals surface area contributed by atoms with Gasteiger partial charge in [-0.05, 0) is 19.3 Å². The summed E-state index contributed by atoms with van der Waals surface area (Å²) in [6.45, 7) is 5.66. The Hall–Kier alpha value is -1.06. The van der Waals surface area contributed by atoms with E-state index in [1.54, 1.807) is 0 Å². The van der Waals surface area contributed by atoms with Gasteiger partial charge in [-0.3, -0.25) is 4.79 Å². The molecule has 1 unspecified atom stereocenters. The summed E-state index contributed by atoms with van der Waals surface area (Å²) in [6.07, 6.45) is 7.33. The van der Waals surface area contributed by atoms with Crippen LogP contribution in [-0.2, 0) is 4.79 Å². The highest BCUT2D eigenvalue weighted by Crippen LogP contribution is 2.38. The van der Waals surface area contributed by atoms with Crippen molar-refractivity contribution in [2.75, 3.05) is 13.1 Å². The van der Waals surface area contributed by atoms with E-state index in [9.17, 15) is 4.79 Å². The van der Waals surface area contributed by atoms with Crippen LogP contribution in [0.3, 0.4) is 0 Å². The van der Waals surface area contributed by atoms with Gasteiger partial charge >= 0.3 is 0 Å². The van der Waals surface area contributed by atoms with Crippen molar-refractivity contribution in [2.24, 2.45) is 16.5 Å². The van der Waals surface area contributed by atoms with Crippen LogP contribution in [0.5, 0.6) is 0 Å². The Morgan fingerprint density at radius 2 is 2.11 bits per heavy atom. The van der Waals surface area contributed by atoms with E-state index in [4.69, 9.17) is 5.21 Å². The van der Waals surface area contributed by atoms with Gasteiger partial charge in [0.25, 0.3) is 0 Å². The lowest BCUT2D eigenvalue weighted by Crippen LogP contribution is -2.50. The van der Waals surface area contributed by atoms with E-state index in [0.717, 1.165) is 37.9 Å². The fraction of sp³-hybridized carbons (Fsp3) is 0.867. The molecule has 1 amide bonds. The van der Waals surface area contributed by atoms with Crippen molar-refractivity contribution in [3.05, 3.63) is 0 Å². The molecule has 0 aromatic carbocycles. The molecular formula is C15H26N2O2. The van der Waals surface area contributed by atoms with Crippen LogP contribution in [0.15, 0.2) is 5.16 Å². The van der Waals surface area contributed by atoms with Crippen molar-refractivity contribution in [3.63, 3.8) is 0 Å². The summed E-state index contributed by atoms with van der Waals surface area (Å²) in [4.78, 5) is 14.8. The minimum absolute atomic E-state index is 0.148. The third-order valence-corrected chi connectivity index (χ3v) is 4.93. The minimum Gasteiger partial charge on any atom is -0.411 e. The zero-order valence-corrected chi connectivity index (χ0v) is 12.2. The first-order chi connectivity index (χ1) is 9.10. The zero-order chi connectivity index (χ0) is 13.9. The summed E-state index contributed by atoms with van der Waals surface area (Å²) < 4.78 is 0. The van der Waals surface area contributed by atoms with Crippen molar-refractivity contribution in [1.29, 1.82) is 0 Å². The molecule has 1 saturated carbocycles. The molecule has 0 aromatic heterocycles. The molecular weight excluding hydrogens is 240 g/mol. The maximum absolute atomic E-state index is 12.8. The van der Waals surface area contributed by atoms with Gasteiger partial charge in [-0.2, -0.15) is 0 Å². The Balaban J connectivity index is 2.04. The Kier molecular flexibility index (Phi) is 4.48. The largest absolute Gasteiger partial charge is 0.411 e. The summed E-state index contributed by atoms with van der Waals surface area (Å²) in [6, 6.07) is 0. The molecule has 0 bridgehead atoms. The fourth-order valence-corrected chi connectivity index (χ4v) is 3.52. The Labute approximate surface area is 115 Å². The van der Waals surface area contributed by atoms with E-state index in [1.807, 2.05) is 4.90 Å². The maximum atomic E-state index is 12.8. The number of piperidine rings is 1. The molecule has 0 spiro atoms. The SMILES string of the molecule is CCC1CN(C(=O)C2(C)CCCCC2)CCC1=NO. The highest BCUT2D eigenvalue weighted by molar-refractivity contribution is 5.90. The van der Waals surface area contributed by atoms with Crippen LogP contribution in [0.2, 0.25) is 0 Å². The van der Waals surface area contributed by atoms with Gasteiger partial charge in [0.1, 0.15) is 0 Å². The monoisotopic (exact) mass is 266 g/mol. The van der Waals surface area contributed by atoms with Gasteiger partial charge in [0, 0.05) is 30.8 Å². The average molecular weight is 266 g/mol. The van der Waals surface area contributed by atoms with Crippen LogP contribution in [0.25, 0.3) is 0 Å². The standard InChI is InChI=1S/C15H26N2O2/c1-3-12-11-17(10-7-13(12)16-19)14(18)15(2)8-5-4-6-9-15/h12,19H,3-11H2,1-2H3. The highest BCUT2D eigenvalue weighted by atomic mass is 16.4. The second kappa shape index (κ2) is 5.93. The number of amides is 1. The third kappa shape index (κ3) is 2.93. The number of oxime groups is 1. The van der Waals surface area contributed by atoms with E-state index in [0.29, 0.717) is 12.5 Å². The normalized spacial score (nSPS) is 29.5. The molecule has 19 heavy (non-hydrogen) atoms. The summed E-state index contributed by atoms with van der Waals surface area (Å²) in [5.41, 5.74) is 0.713. The lowest BCUT2D eigenvalue weighted by molar-refractivity contribution is -0.143. The van der Waals surface area contributed by atoms with Crippen LogP contribution in [0.1, 0.15) is 58.8 Å². The van der Waals surface area contributed by atoms with E-state index in [1.165, 1.54) is 19.3 Å². The van der Waals surface area contributed by atoms with E-state index >= 15 is 0 Å². The number of hydrogen-bond acceptors (Lipinski definition) is 3. The molecule has 0 aromatic rings. The number of nitrogens with zero attached hydrogens (tertiary/aromatic N) is 2. The first-order valence-electron chi connectivity index (χ1n) is 7.61. The summed E-state index contributed by atoms with van der Waals surface area (Å²) >= 11 is 0. The number of carbonyl (C=O) groups excluding carboxylic acids is 1. The first-order valence-corrected chi connectivity index (χ1v) is 7.61. The molecule has 1 aliphatic carbocycles. The van der Waals surface area contributed by atoms with Gasteiger partial charge < -0.3 is 10.1 Å². The van der Waals surface area contributed by atoms with E-state index in [2.05, 4.69) is 19.0 Å². The first kappa shape index (κ1) is 14.4. The molecule has 2 aliphatic rings. The lowest BCUT2D eigenvalue weighted by atomic mass is 9.74. The van der Waals surface area contributed by atoms with Crippen LogP contribution >= 0.6 is 0 Å². The molecule has 4 heteroatoms. The van der Waals surface area contributed by atoms with Gasteiger partial charge in [-0.15, -0.1) is 0 Å². The quantitative estimate of drug-likeness (QED) is 0.617. The fourth-order valence-electron chi connectivity index (χ4n) is 3.52. The topological polar surface area (TPSA) is 52.9 Å². The van der Waals surface area contributed by atoms with Crippen molar-refractivity contribution in [1.82, 2.24) is 4.90 Å². The average Bonchev–Trinajstić information content (AvgIpc) is 2.46. The Morgan fingerprint density at radius 3 is 2.68 bits per heavy atom. The molecule has 2 rings (SSSR count). The Morgan fingerprint density at radius 1 is 1.42 bits per heavy atom. The number of carbonyl (C=O) groups is 1. The van der Waals surface area contributed by atoms with Crippen LogP contribution in [0, 0.1) is 11.3 Å². The molecule has 4 nitrogen and oxygen atoms in total. The molecule has 2 fully saturated rings. The van der Waals surface area contributed by atoms with Crippen molar-refractivity contribution < 1.29 is 10.0 Å². The number of rotatable bonds is 2. The highest BCUT2D eigenvalue weighted by Gasteiger charge is 2.39. The molecule has 1 heterocycles. The van der Waals surface area contributed by atoms with E-state index in [-0.39, 0.29) is 11.3 Å². The Bertz CT molecular complexity index is 359. The van der Waals surface area contributed by atoms with Crippen molar-refractivity contribution in [2.45, 2.75) is 58.8 Å². The van der Waals surface area contributed by atoms with Crippen molar-refractivity contribution >= 4 is 11.6 Å². The summed E-state index contributed by atoms with van der Waals surface area (Å²) in [7, 11) is 0. The summed E-state index contributed by atoms with van der Waals surface area (Å²) in [5.74, 6) is 0.553. The van der Waals surface area contributed by atoms with Gasteiger partial charge in [0.2, 0.25) is 5.91 Å². The van der Waals surface area contributed by atoms with Crippen LogP contribution in [0.4, 0.5) is 0 Å². The maximum Gasteiger partial charge on any atom is 0.228 e. The smallest absolute Gasteiger partial charge is 0.228 e. The predicted octanol–water partition coefficient (Wildman–Crippen LogP) is 3.05. The molecule has 1 saturated heterocycles. The molecule has 1 atom stereocenters. The second-order valence-electron chi connectivity index (χ2n) is 6.32. The molecule has 108 valence electrons. The lowest BCUT2D eigenvalue weighted by Gasteiger charge is -2.40. The van der Waals surface area contributed by atoms with Gasteiger partial charge in [0.05, 0.1) is 5.71 Å². The van der Waals surface area contributed by atoms with Crippen LogP contribution < -0.4 is 0 Å². The van der Waals surface area contributed by atoms with Gasteiger partial charge in [0.15, 0.2) is 0 Å². The van der Waals surface area contributed by atoms with E-state index < -0.39 is 0 Å². The van der Waals surface area contributed by atoms with Crippen LogP contribution in [-0.4, -0.2) is 34.8 Å². The molecule has 0 radical (unpaired) electrons. The second-order valence-corrected chi connectivity index (χ2v) is 6.32. The molecule has 1 aliphatic heterocycles. The van der Waals surface area contributed by atoms with Gasteiger partial charge in [-0.1, -0.05) is 38.3 Å². The van der Waals surface area contributed by atoms with Gasteiger partial charge in [-0.25, -0.2) is 0 Å². The third-order valence-electron chi connectivity index (χ3n) is 4.93. The zero-order valence-electron chi connectivity index (χ0n) is 12.2. The predicted molar refractivity (Wildman–Crippen MR) is 75.4 cm³/mol. The number of likely N-dealkylation sites (tertiary alicyclic amines) is 1. The number of hydrogen-bond donors (Lipinski definition) is 1. The van der Waals surface area contributed by atoms with Crippen molar-refractivity contribution in [3.8, 4) is 0 Å². The summed E-state index contributed by atoms with van der Waals surface area (Å²) in [5, 5.41) is 12.4.